The highest BCUT2D eigenvalue weighted by molar-refractivity contribution is 5.93. The zero-order chi connectivity index (χ0) is 15.7. The second-order valence-corrected chi connectivity index (χ2v) is 7.36. The first kappa shape index (κ1) is 18.2. The zero-order valence-electron chi connectivity index (χ0n) is 14.3. The Morgan fingerprint density at radius 1 is 1.30 bits per heavy atom. The average molecular weight is 342 g/mol. The number of piperidine rings is 1. The number of amides is 1. The molecule has 2 heterocycles. The summed E-state index contributed by atoms with van der Waals surface area (Å²) in [7, 11) is 0. The standard InChI is InChI=1S/C16H27N5O.ClH/c1-11-14(15(22)18-13-5-4-8-16(13,2)3)19-20-21(11)12-6-9-17-10-7-12;/h12-13,17H,4-10H2,1-3H3,(H,18,22);1H. The van der Waals surface area contributed by atoms with Gasteiger partial charge in [-0.05, 0) is 51.1 Å². The van der Waals surface area contributed by atoms with Crippen LogP contribution in [0.15, 0.2) is 0 Å². The van der Waals surface area contributed by atoms with E-state index in [0.29, 0.717) is 11.7 Å². The molecule has 2 aliphatic rings. The van der Waals surface area contributed by atoms with Gasteiger partial charge in [0, 0.05) is 6.04 Å². The molecule has 3 rings (SSSR count). The summed E-state index contributed by atoms with van der Waals surface area (Å²) in [6.45, 7) is 8.41. The lowest BCUT2D eigenvalue weighted by molar-refractivity contribution is 0.0904. The maximum atomic E-state index is 12.6. The van der Waals surface area contributed by atoms with Crippen molar-refractivity contribution in [3.8, 4) is 0 Å². The van der Waals surface area contributed by atoms with Gasteiger partial charge in [-0.25, -0.2) is 4.68 Å². The summed E-state index contributed by atoms with van der Waals surface area (Å²) in [4.78, 5) is 12.6. The van der Waals surface area contributed by atoms with Crippen LogP contribution in [0.25, 0.3) is 0 Å². The summed E-state index contributed by atoms with van der Waals surface area (Å²) in [6, 6.07) is 0.599. The molecule has 6 nitrogen and oxygen atoms in total. The minimum atomic E-state index is -0.0716. The third kappa shape index (κ3) is 3.69. The Morgan fingerprint density at radius 3 is 2.61 bits per heavy atom. The number of hydrogen-bond donors (Lipinski definition) is 2. The molecule has 130 valence electrons. The number of carbonyl (C=O) groups excluding carboxylic acids is 1. The van der Waals surface area contributed by atoms with Crippen molar-refractivity contribution < 1.29 is 4.79 Å². The fourth-order valence-electron chi connectivity index (χ4n) is 3.77. The van der Waals surface area contributed by atoms with Gasteiger partial charge in [0.1, 0.15) is 0 Å². The Balaban J connectivity index is 0.00000192. The van der Waals surface area contributed by atoms with Crippen molar-refractivity contribution in [1.29, 1.82) is 0 Å². The van der Waals surface area contributed by atoms with Gasteiger partial charge in [-0.15, -0.1) is 17.5 Å². The van der Waals surface area contributed by atoms with E-state index in [2.05, 4.69) is 34.8 Å². The van der Waals surface area contributed by atoms with E-state index in [0.717, 1.165) is 38.0 Å². The number of nitrogens with zero attached hydrogens (tertiary/aromatic N) is 3. The molecule has 1 aliphatic heterocycles. The molecule has 1 amide bonds. The Morgan fingerprint density at radius 2 is 2.00 bits per heavy atom. The fraction of sp³-hybridized carbons (Fsp3) is 0.812. The van der Waals surface area contributed by atoms with Gasteiger partial charge in [-0.3, -0.25) is 4.79 Å². The van der Waals surface area contributed by atoms with Crippen LogP contribution in [0.3, 0.4) is 0 Å². The van der Waals surface area contributed by atoms with Gasteiger partial charge in [0.05, 0.1) is 11.7 Å². The lowest BCUT2D eigenvalue weighted by Gasteiger charge is -2.27. The van der Waals surface area contributed by atoms with Crippen molar-refractivity contribution in [3.05, 3.63) is 11.4 Å². The topological polar surface area (TPSA) is 71.8 Å². The molecular formula is C16H28ClN5O. The van der Waals surface area contributed by atoms with E-state index in [9.17, 15) is 4.79 Å². The molecule has 0 radical (unpaired) electrons. The zero-order valence-corrected chi connectivity index (χ0v) is 15.1. The molecule has 2 N–H and O–H groups in total. The first-order valence-corrected chi connectivity index (χ1v) is 8.42. The minimum absolute atomic E-state index is 0. The second kappa shape index (κ2) is 7.18. The molecule has 1 saturated carbocycles. The molecule has 1 aromatic rings. The highest BCUT2D eigenvalue weighted by Gasteiger charge is 2.36. The molecule has 23 heavy (non-hydrogen) atoms. The van der Waals surface area contributed by atoms with Gasteiger partial charge in [0.2, 0.25) is 0 Å². The molecule has 7 heteroatoms. The second-order valence-electron chi connectivity index (χ2n) is 7.36. The quantitative estimate of drug-likeness (QED) is 0.884. The number of rotatable bonds is 3. The Labute approximate surface area is 144 Å². The fourth-order valence-corrected chi connectivity index (χ4v) is 3.77. The van der Waals surface area contributed by atoms with Crippen LogP contribution in [0.4, 0.5) is 0 Å². The first-order valence-electron chi connectivity index (χ1n) is 8.42. The van der Waals surface area contributed by atoms with Crippen molar-refractivity contribution in [2.75, 3.05) is 13.1 Å². The van der Waals surface area contributed by atoms with Crippen molar-refractivity contribution in [2.24, 2.45) is 5.41 Å². The van der Waals surface area contributed by atoms with Crippen molar-refractivity contribution in [2.45, 2.75) is 65.0 Å². The summed E-state index contributed by atoms with van der Waals surface area (Å²) in [5.74, 6) is -0.0716. The predicted molar refractivity (Wildman–Crippen MR) is 92.0 cm³/mol. The molecule has 1 unspecified atom stereocenters. The smallest absolute Gasteiger partial charge is 0.273 e. The van der Waals surface area contributed by atoms with Crippen LogP contribution >= 0.6 is 12.4 Å². The van der Waals surface area contributed by atoms with E-state index in [1.165, 1.54) is 12.8 Å². The monoisotopic (exact) mass is 341 g/mol. The summed E-state index contributed by atoms with van der Waals surface area (Å²) in [5.41, 5.74) is 1.55. The van der Waals surface area contributed by atoms with Gasteiger partial charge >= 0.3 is 0 Å². The van der Waals surface area contributed by atoms with Gasteiger partial charge in [-0.2, -0.15) is 0 Å². The summed E-state index contributed by atoms with van der Waals surface area (Å²) in [5, 5.41) is 14.9. The Kier molecular flexibility index (Phi) is 5.68. The lowest BCUT2D eigenvalue weighted by atomic mass is 9.87. The average Bonchev–Trinajstić information content (AvgIpc) is 3.03. The van der Waals surface area contributed by atoms with Gasteiger partial charge < -0.3 is 10.6 Å². The van der Waals surface area contributed by atoms with E-state index in [-0.39, 0.29) is 29.8 Å². The van der Waals surface area contributed by atoms with Crippen LogP contribution < -0.4 is 10.6 Å². The summed E-state index contributed by atoms with van der Waals surface area (Å²) >= 11 is 0. The van der Waals surface area contributed by atoms with Crippen LogP contribution in [-0.2, 0) is 0 Å². The molecule has 1 aromatic heterocycles. The maximum absolute atomic E-state index is 12.6. The van der Waals surface area contributed by atoms with Gasteiger partial charge in [0.25, 0.3) is 5.91 Å². The molecule has 1 aliphatic carbocycles. The van der Waals surface area contributed by atoms with E-state index in [1.807, 2.05) is 11.6 Å². The SMILES string of the molecule is Cc1c(C(=O)NC2CCCC2(C)C)nnn1C1CCNCC1.Cl. The van der Waals surface area contributed by atoms with E-state index >= 15 is 0 Å². The number of aromatic nitrogens is 3. The van der Waals surface area contributed by atoms with Crippen LogP contribution in [0.5, 0.6) is 0 Å². The first-order chi connectivity index (χ1) is 10.5. The molecule has 0 aromatic carbocycles. The molecule has 0 bridgehead atoms. The minimum Gasteiger partial charge on any atom is -0.347 e. The van der Waals surface area contributed by atoms with Crippen LogP contribution in [-0.4, -0.2) is 40.0 Å². The Hall–Kier alpha value is -1.14. The van der Waals surface area contributed by atoms with Crippen molar-refractivity contribution >= 4 is 18.3 Å². The largest absolute Gasteiger partial charge is 0.347 e. The third-order valence-electron chi connectivity index (χ3n) is 5.36. The molecule has 2 fully saturated rings. The highest BCUT2D eigenvalue weighted by atomic mass is 35.5. The number of carbonyl (C=O) groups is 1. The maximum Gasteiger partial charge on any atom is 0.273 e. The molecule has 1 atom stereocenters. The van der Waals surface area contributed by atoms with E-state index in [4.69, 9.17) is 0 Å². The summed E-state index contributed by atoms with van der Waals surface area (Å²) in [6.07, 6.45) is 5.49. The molecular weight excluding hydrogens is 314 g/mol. The molecule has 1 saturated heterocycles. The highest BCUT2D eigenvalue weighted by Crippen LogP contribution is 2.37. The van der Waals surface area contributed by atoms with Crippen LogP contribution in [0.1, 0.15) is 68.2 Å². The molecule has 0 spiro atoms. The number of halogens is 1. The summed E-state index contributed by atoms with van der Waals surface area (Å²) < 4.78 is 1.94. The van der Waals surface area contributed by atoms with E-state index in [1.54, 1.807) is 0 Å². The van der Waals surface area contributed by atoms with Crippen molar-refractivity contribution in [3.63, 3.8) is 0 Å². The van der Waals surface area contributed by atoms with E-state index < -0.39 is 0 Å². The van der Waals surface area contributed by atoms with Gasteiger partial charge in [0.15, 0.2) is 5.69 Å². The van der Waals surface area contributed by atoms with Gasteiger partial charge in [-0.1, -0.05) is 25.5 Å². The van der Waals surface area contributed by atoms with Crippen LogP contribution in [0.2, 0.25) is 0 Å². The number of hydrogen-bond acceptors (Lipinski definition) is 4. The van der Waals surface area contributed by atoms with Crippen molar-refractivity contribution in [1.82, 2.24) is 25.6 Å². The van der Waals surface area contributed by atoms with Crippen LogP contribution in [0, 0.1) is 12.3 Å². The number of nitrogens with one attached hydrogen (secondary N) is 2. The third-order valence-corrected chi connectivity index (χ3v) is 5.36. The lowest BCUT2D eigenvalue weighted by Crippen LogP contribution is -2.41. The predicted octanol–water partition coefficient (Wildman–Crippen LogP) is 2.24. The normalized spacial score (nSPS) is 24.2. The Bertz CT molecular complexity index is 551.